The van der Waals surface area contributed by atoms with Crippen molar-refractivity contribution in [1.29, 1.82) is 0 Å². The van der Waals surface area contributed by atoms with Crippen LogP contribution >= 0.6 is 0 Å². The molecule has 1 heterocycles. The molecule has 22 heavy (non-hydrogen) atoms. The summed E-state index contributed by atoms with van der Waals surface area (Å²) in [5.74, 6) is 1.11. The van der Waals surface area contributed by atoms with Crippen LogP contribution in [0.5, 0.6) is 0 Å². The minimum Gasteiger partial charge on any atom is -0.360 e. The molecule has 1 aromatic carbocycles. The van der Waals surface area contributed by atoms with Gasteiger partial charge in [-0.15, -0.1) is 0 Å². The summed E-state index contributed by atoms with van der Waals surface area (Å²) in [6, 6.07) is 11.7. The second-order valence-electron chi connectivity index (χ2n) is 7.07. The Labute approximate surface area is 130 Å². The summed E-state index contributed by atoms with van der Waals surface area (Å²) < 4.78 is 5.27. The number of amides is 1. The molecule has 0 bridgehead atoms. The number of carbonyl (C=O) groups is 1. The number of hydrogen-bond acceptors (Lipinski definition) is 3. The third-order valence-electron chi connectivity index (χ3n) is 4.02. The van der Waals surface area contributed by atoms with E-state index in [0.717, 1.165) is 24.2 Å². The van der Waals surface area contributed by atoms with Gasteiger partial charge in [-0.3, -0.25) is 4.79 Å². The molecular weight excluding hydrogens is 276 g/mol. The lowest BCUT2D eigenvalue weighted by Gasteiger charge is -2.31. The van der Waals surface area contributed by atoms with Crippen molar-refractivity contribution >= 4 is 5.91 Å². The number of aromatic nitrogens is 1. The van der Waals surface area contributed by atoms with Gasteiger partial charge in [-0.25, -0.2) is 0 Å². The lowest BCUT2D eigenvalue weighted by atomic mass is 9.82. The fourth-order valence-corrected chi connectivity index (χ4v) is 2.61. The molecule has 1 aliphatic carbocycles. The fraction of sp³-hybridized carbons (Fsp3) is 0.444. The monoisotopic (exact) mass is 298 g/mol. The van der Waals surface area contributed by atoms with Crippen molar-refractivity contribution in [3.8, 4) is 0 Å². The van der Waals surface area contributed by atoms with Crippen molar-refractivity contribution in [3.05, 3.63) is 53.4 Å². The van der Waals surface area contributed by atoms with Gasteiger partial charge < -0.3 is 9.84 Å². The second-order valence-corrected chi connectivity index (χ2v) is 7.07. The van der Waals surface area contributed by atoms with E-state index in [1.165, 1.54) is 0 Å². The Bertz CT molecular complexity index is 651. The second kappa shape index (κ2) is 5.59. The predicted molar refractivity (Wildman–Crippen MR) is 84.6 cm³/mol. The first-order chi connectivity index (χ1) is 10.4. The molecule has 0 radical (unpaired) electrons. The van der Waals surface area contributed by atoms with E-state index in [1.54, 1.807) is 6.07 Å². The molecule has 0 saturated heterocycles. The highest BCUT2D eigenvalue weighted by atomic mass is 16.5. The highest BCUT2D eigenvalue weighted by Crippen LogP contribution is 2.40. The Balaban J connectivity index is 1.79. The van der Waals surface area contributed by atoms with Gasteiger partial charge in [-0.2, -0.15) is 0 Å². The summed E-state index contributed by atoms with van der Waals surface area (Å²) in [4.78, 5) is 12.5. The van der Waals surface area contributed by atoms with Gasteiger partial charge in [-0.1, -0.05) is 56.3 Å². The van der Waals surface area contributed by atoms with E-state index in [2.05, 4.69) is 31.2 Å². The summed E-state index contributed by atoms with van der Waals surface area (Å²) in [5.41, 5.74) is 1.36. The van der Waals surface area contributed by atoms with E-state index in [-0.39, 0.29) is 17.4 Å². The molecule has 4 heteroatoms. The van der Waals surface area contributed by atoms with Crippen LogP contribution in [0.4, 0.5) is 0 Å². The zero-order valence-corrected chi connectivity index (χ0v) is 13.3. The highest BCUT2D eigenvalue weighted by molar-refractivity contribution is 5.92. The van der Waals surface area contributed by atoms with Crippen molar-refractivity contribution < 1.29 is 9.32 Å². The quantitative estimate of drug-likeness (QED) is 0.925. The Morgan fingerprint density at radius 2 is 1.95 bits per heavy atom. The molecule has 1 atom stereocenters. The smallest absolute Gasteiger partial charge is 0.273 e. The standard InChI is InChI=1S/C18H22N2O2/c1-18(2,3)16(13-7-5-4-6-8-13)19-17(21)14-11-15(22-20-14)12-9-10-12/h4-8,11-12,16H,9-10H2,1-3H3,(H,19,21). The first kappa shape index (κ1) is 14.8. The number of nitrogens with zero attached hydrogens (tertiary/aromatic N) is 1. The molecule has 4 nitrogen and oxygen atoms in total. The van der Waals surface area contributed by atoms with Crippen LogP contribution in [0.3, 0.4) is 0 Å². The topological polar surface area (TPSA) is 55.1 Å². The first-order valence-corrected chi connectivity index (χ1v) is 7.77. The summed E-state index contributed by atoms with van der Waals surface area (Å²) in [6.07, 6.45) is 2.26. The lowest BCUT2D eigenvalue weighted by molar-refractivity contribution is 0.0892. The Morgan fingerprint density at radius 3 is 2.55 bits per heavy atom. The number of benzene rings is 1. The van der Waals surface area contributed by atoms with E-state index in [9.17, 15) is 4.79 Å². The average Bonchev–Trinajstić information content (AvgIpc) is 3.21. The van der Waals surface area contributed by atoms with Crippen LogP contribution in [0.2, 0.25) is 0 Å². The summed E-state index contributed by atoms with van der Waals surface area (Å²) in [5, 5.41) is 7.02. The molecular formula is C18H22N2O2. The number of rotatable bonds is 4. The minimum atomic E-state index is -0.181. The maximum absolute atomic E-state index is 12.5. The van der Waals surface area contributed by atoms with Crippen LogP contribution < -0.4 is 5.32 Å². The zero-order chi connectivity index (χ0) is 15.7. The van der Waals surface area contributed by atoms with Crippen LogP contribution in [0.25, 0.3) is 0 Å². The first-order valence-electron chi connectivity index (χ1n) is 7.77. The molecule has 1 aromatic heterocycles. The number of hydrogen-bond donors (Lipinski definition) is 1. The van der Waals surface area contributed by atoms with E-state index < -0.39 is 0 Å². The van der Waals surface area contributed by atoms with Gasteiger partial charge in [0.1, 0.15) is 5.76 Å². The van der Waals surface area contributed by atoms with Crippen LogP contribution in [-0.2, 0) is 0 Å². The van der Waals surface area contributed by atoms with Crippen LogP contribution in [0.15, 0.2) is 40.9 Å². The van der Waals surface area contributed by atoms with Gasteiger partial charge >= 0.3 is 0 Å². The van der Waals surface area contributed by atoms with Gasteiger partial charge in [0.25, 0.3) is 5.91 Å². The largest absolute Gasteiger partial charge is 0.360 e. The highest BCUT2D eigenvalue weighted by Gasteiger charge is 2.31. The summed E-state index contributed by atoms with van der Waals surface area (Å²) >= 11 is 0. The van der Waals surface area contributed by atoms with Gasteiger partial charge in [-0.05, 0) is 23.8 Å². The van der Waals surface area contributed by atoms with Crippen LogP contribution in [0, 0.1) is 5.41 Å². The van der Waals surface area contributed by atoms with Crippen LogP contribution in [-0.4, -0.2) is 11.1 Å². The van der Waals surface area contributed by atoms with Gasteiger partial charge in [0.2, 0.25) is 0 Å². The summed E-state index contributed by atoms with van der Waals surface area (Å²) in [6.45, 7) is 6.34. The van der Waals surface area contributed by atoms with E-state index >= 15 is 0 Å². The van der Waals surface area contributed by atoms with Gasteiger partial charge in [0.05, 0.1) is 6.04 Å². The van der Waals surface area contributed by atoms with E-state index in [0.29, 0.717) is 11.6 Å². The normalized spacial score (nSPS) is 16.3. The van der Waals surface area contributed by atoms with Gasteiger partial charge in [0, 0.05) is 12.0 Å². The Hall–Kier alpha value is -2.10. The van der Waals surface area contributed by atoms with E-state index in [1.807, 2.05) is 30.3 Å². The minimum absolute atomic E-state index is 0.0812. The molecule has 1 unspecified atom stereocenters. The average molecular weight is 298 g/mol. The Kier molecular flexibility index (Phi) is 3.77. The summed E-state index contributed by atoms with van der Waals surface area (Å²) in [7, 11) is 0. The van der Waals surface area contributed by atoms with Crippen molar-refractivity contribution in [2.45, 2.75) is 45.6 Å². The lowest BCUT2D eigenvalue weighted by Crippen LogP contribution is -2.36. The van der Waals surface area contributed by atoms with Crippen molar-refractivity contribution in [3.63, 3.8) is 0 Å². The maximum atomic E-state index is 12.5. The zero-order valence-electron chi connectivity index (χ0n) is 13.3. The van der Waals surface area contributed by atoms with Crippen molar-refractivity contribution in [2.24, 2.45) is 5.41 Å². The molecule has 116 valence electrons. The molecule has 1 saturated carbocycles. The van der Waals surface area contributed by atoms with Gasteiger partial charge in [0.15, 0.2) is 5.69 Å². The molecule has 1 amide bonds. The molecule has 1 N–H and O–H groups in total. The number of nitrogens with one attached hydrogen (secondary N) is 1. The molecule has 1 fully saturated rings. The molecule has 2 aromatic rings. The van der Waals surface area contributed by atoms with E-state index in [4.69, 9.17) is 4.52 Å². The number of carbonyl (C=O) groups excluding carboxylic acids is 1. The van der Waals surface area contributed by atoms with Crippen molar-refractivity contribution in [1.82, 2.24) is 10.5 Å². The maximum Gasteiger partial charge on any atom is 0.273 e. The molecule has 0 spiro atoms. The predicted octanol–water partition coefficient (Wildman–Crippen LogP) is 4.07. The fourth-order valence-electron chi connectivity index (χ4n) is 2.61. The SMILES string of the molecule is CC(C)(C)C(NC(=O)c1cc(C2CC2)on1)c1ccccc1. The molecule has 0 aliphatic heterocycles. The third kappa shape index (κ3) is 3.21. The third-order valence-corrected chi connectivity index (χ3v) is 4.02. The van der Waals surface area contributed by atoms with Crippen molar-refractivity contribution in [2.75, 3.05) is 0 Å². The molecule has 1 aliphatic rings. The van der Waals surface area contributed by atoms with Crippen LogP contribution in [0.1, 0.15) is 67.4 Å². The molecule has 3 rings (SSSR count). The Morgan fingerprint density at radius 1 is 1.27 bits per heavy atom.